The molecule has 7 heteroatoms. The zero-order valence-corrected chi connectivity index (χ0v) is 13.2. The zero-order valence-electron chi connectivity index (χ0n) is 12.4. The molecule has 0 aromatic carbocycles. The summed E-state index contributed by atoms with van der Waals surface area (Å²) in [6.45, 7) is 4.62. The van der Waals surface area contributed by atoms with Crippen molar-refractivity contribution in [3.05, 3.63) is 17.9 Å². The Morgan fingerprint density at radius 1 is 1.33 bits per heavy atom. The maximum Gasteiger partial charge on any atom is 0.276 e. The molecule has 2 atom stereocenters. The van der Waals surface area contributed by atoms with Crippen molar-refractivity contribution in [3.8, 4) is 0 Å². The van der Waals surface area contributed by atoms with E-state index in [4.69, 9.17) is 10.2 Å². The molecular formula is C14H23N3O3S. The molecule has 2 aliphatic heterocycles. The first kappa shape index (κ1) is 15.0. The monoisotopic (exact) mass is 313 g/mol. The zero-order chi connectivity index (χ0) is 15.0. The minimum Gasteiger partial charge on any atom is -0.447 e. The van der Waals surface area contributed by atoms with Gasteiger partial charge in [0.05, 0.1) is 6.54 Å². The lowest BCUT2D eigenvalue weighted by molar-refractivity contribution is 0.0557. The van der Waals surface area contributed by atoms with Crippen LogP contribution >= 0.6 is 0 Å². The van der Waals surface area contributed by atoms with Crippen molar-refractivity contribution in [1.82, 2.24) is 9.21 Å². The standard InChI is InChI=1S/C14H23N3O3S/c1-11-9-16-7-3-2-4-12(16)10-17(11)21(18,19)14-6-5-13(8-15)20-14/h5-6,11-12H,2-4,7-10,15H2,1H3. The molecule has 3 rings (SSSR count). The Labute approximate surface area is 125 Å². The van der Waals surface area contributed by atoms with Gasteiger partial charge in [0.1, 0.15) is 5.76 Å². The van der Waals surface area contributed by atoms with Gasteiger partial charge in [0.15, 0.2) is 0 Å². The van der Waals surface area contributed by atoms with Gasteiger partial charge in [-0.05, 0) is 38.4 Å². The van der Waals surface area contributed by atoms with E-state index in [-0.39, 0.29) is 17.7 Å². The molecule has 3 heterocycles. The van der Waals surface area contributed by atoms with E-state index in [0.717, 1.165) is 19.5 Å². The number of hydrogen-bond donors (Lipinski definition) is 1. The van der Waals surface area contributed by atoms with Gasteiger partial charge in [-0.2, -0.15) is 4.31 Å². The smallest absolute Gasteiger partial charge is 0.276 e. The molecule has 0 amide bonds. The molecule has 0 bridgehead atoms. The maximum absolute atomic E-state index is 12.8. The predicted octanol–water partition coefficient (Wildman–Crippen LogP) is 0.986. The fourth-order valence-corrected chi connectivity index (χ4v) is 4.97. The molecule has 0 spiro atoms. The van der Waals surface area contributed by atoms with Crippen LogP contribution in [0.3, 0.4) is 0 Å². The summed E-state index contributed by atoms with van der Waals surface area (Å²) in [5.74, 6) is 0.498. The summed E-state index contributed by atoms with van der Waals surface area (Å²) in [6, 6.07) is 3.45. The second-order valence-electron chi connectivity index (χ2n) is 5.99. The number of nitrogens with two attached hydrogens (primary N) is 1. The van der Waals surface area contributed by atoms with Crippen LogP contribution in [0, 0.1) is 0 Å². The highest BCUT2D eigenvalue weighted by Crippen LogP contribution is 2.29. The average Bonchev–Trinajstić information content (AvgIpc) is 2.96. The summed E-state index contributed by atoms with van der Waals surface area (Å²) >= 11 is 0. The molecule has 1 aromatic heterocycles. The lowest BCUT2D eigenvalue weighted by Crippen LogP contribution is -2.59. The Bertz CT molecular complexity index is 598. The minimum atomic E-state index is -3.57. The fourth-order valence-electron chi connectivity index (χ4n) is 3.38. The number of rotatable bonds is 3. The highest BCUT2D eigenvalue weighted by atomic mass is 32.2. The third-order valence-corrected chi connectivity index (χ3v) is 6.39. The lowest BCUT2D eigenvalue weighted by atomic mass is 9.99. The first-order chi connectivity index (χ1) is 10.0. The van der Waals surface area contributed by atoms with Gasteiger partial charge in [0, 0.05) is 25.2 Å². The first-order valence-corrected chi connectivity index (χ1v) is 9.01. The molecule has 118 valence electrons. The van der Waals surface area contributed by atoms with Gasteiger partial charge in [-0.3, -0.25) is 4.90 Å². The van der Waals surface area contributed by atoms with Crippen LogP contribution in [-0.2, 0) is 16.6 Å². The van der Waals surface area contributed by atoms with E-state index in [0.29, 0.717) is 18.3 Å². The van der Waals surface area contributed by atoms with E-state index in [9.17, 15) is 8.42 Å². The number of furan rings is 1. The summed E-state index contributed by atoms with van der Waals surface area (Å²) in [5.41, 5.74) is 5.49. The van der Waals surface area contributed by atoms with E-state index in [2.05, 4.69) is 4.90 Å². The van der Waals surface area contributed by atoms with Crippen LogP contribution in [-0.4, -0.2) is 49.3 Å². The van der Waals surface area contributed by atoms with Crippen LogP contribution in [0.4, 0.5) is 0 Å². The Kier molecular flexibility index (Phi) is 4.09. The van der Waals surface area contributed by atoms with Gasteiger partial charge in [-0.1, -0.05) is 6.42 Å². The number of sulfonamides is 1. The molecule has 6 nitrogen and oxygen atoms in total. The second-order valence-corrected chi connectivity index (χ2v) is 7.81. The normalized spacial score (nSPS) is 28.5. The Balaban J connectivity index is 1.84. The van der Waals surface area contributed by atoms with Crippen LogP contribution in [0.1, 0.15) is 31.9 Å². The van der Waals surface area contributed by atoms with E-state index in [1.165, 1.54) is 18.9 Å². The Morgan fingerprint density at radius 2 is 2.14 bits per heavy atom. The summed E-state index contributed by atoms with van der Waals surface area (Å²) in [5, 5.41) is 0.0130. The average molecular weight is 313 g/mol. The predicted molar refractivity (Wildman–Crippen MR) is 79.2 cm³/mol. The van der Waals surface area contributed by atoms with Gasteiger partial charge in [-0.15, -0.1) is 0 Å². The number of fused-ring (bicyclic) bond motifs is 1. The van der Waals surface area contributed by atoms with Crippen molar-refractivity contribution in [2.45, 2.75) is 49.9 Å². The van der Waals surface area contributed by atoms with Gasteiger partial charge >= 0.3 is 0 Å². The van der Waals surface area contributed by atoms with Crippen molar-refractivity contribution >= 4 is 10.0 Å². The largest absolute Gasteiger partial charge is 0.447 e. The molecule has 0 saturated carbocycles. The van der Waals surface area contributed by atoms with E-state index in [1.807, 2.05) is 6.92 Å². The third kappa shape index (κ3) is 2.75. The Hall–Kier alpha value is -0.890. The quantitative estimate of drug-likeness (QED) is 0.900. The van der Waals surface area contributed by atoms with Crippen LogP contribution in [0.15, 0.2) is 21.6 Å². The molecule has 2 saturated heterocycles. The van der Waals surface area contributed by atoms with Crippen LogP contribution < -0.4 is 5.73 Å². The maximum atomic E-state index is 12.8. The summed E-state index contributed by atoms with van der Waals surface area (Å²) < 4.78 is 32.5. The van der Waals surface area contributed by atoms with E-state index in [1.54, 1.807) is 10.4 Å². The first-order valence-electron chi connectivity index (χ1n) is 7.57. The molecule has 2 unspecified atom stereocenters. The fraction of sp³-hybridized carbons (Fsp3) is 0.714. The summed E-state index contributed by atoms with van der Waals surface area (Å²) in [4.78, 5) is 2.42. The van der Waals surface area contributed by atoms with Gasteiger partial charge < -0.3 is 10.2 Å². The SMILES string of the molecule is CC1CN2CCCCC2CN1S(=O)(=O)c1ccc(CN)o1. The number of piperidine rings is 1. The summed E-state index contributed by atoms with van der Waals surface area (Å²) in [7, 11) is -3.57. The van der Waals surface area contributed by atoms with Crippen LogP contribution in [0.25, 0.3) is 0 Å². The lowest BCUT2D eigenvalue weighted by Gasteiger charge is -2.46. The number of nitrogens with zero attached hydrogens (tertiary/aromatic N) is 2. The molecular weight excluding hydrogens is 290 g/mol. The molecule has 21 heavy (non-hydrogen) atoms. The van der Waals surface area contributed by atoms with Gasteiger partial charge in [0.25, 0.3) is 10.0 Å². The van der Waals surface area contributed by atoms with E-state index >= 15 is 0 Å². The van der Waals surface area contributed by atoms with Crippen LogP contribution in [0.5, 0.6) is 0 Å². The summed E-state index contributed by atoms with van der Waals surface area (Å²) in [6.07, 6.45) is 3.47. The van der Waals surface area contributed by atoms with Crippen molar-refractivity contribution in [2.24, 2.45) is 5.73 Å². The second kappa shape index (κ2) is 5.72. The van der Waals surface area contributed by atoms with Crippen LogP contribution in [0.2, 0.25) is 0 Å². The van der Waals surface area contributed by atoms with Crippen molar-refractivity contribution in [3.63, 3.8) is 0 Å². The number of hydrogen-bond acceptors (Lipinski definition) is 5. The van der Waals surface area contributed by atoms with Crippen molar-refractivity contribution in [2.75, 3.05) is 19.6 Å². The molecule has 1 aromatic rings. The molecule has 0 aliphatic carbocycles. The van der Waals surface area contributed by atoms with Gasteiger partial charge in [-0.25, -0.2) is 8.42 Å². The van der Waals surface area contributed by atoms with E-state index < -0.39 is 10.0 Å². The highest BCUT2D eigenvalue weighted by Gasteiger charge is 2.40. The topological polar surface area (TPSA) is 79.8 Å². The molecule has 2 fully saturated rings. The van der Waals surface area contributed by atoms with Crippen molar-refractivity contribution in [1.29, 1.82) is 0 Å². The highest BCUT2D eigenvalue weighted by molar-refractivity contribution is 7.89. The molecule has 2 aliphatic rings. The molecule has 0 radical (unpaired) electrons. The van der Waals surface area contributed by atoms with Crippen molar-refractivity contribution < 1.29 is 12.8 Å². The Morgan fingerprint density at radius 3 is 2.86 bits per heavy atom. The number of piperazine rings is 1. The minimum absolute atomic E-state index is 0.0130. The third-order valence-electron chi connectivity index (χ3n) is 4.53. The molecule has 2 N–H and O–H groups in total. The van der Waals surface area contributed by atoms with Gasteiger partial charge in [0.2, 0.25) is 5.09 Å².